The van der Waals surface area contributed by atoms with E-state index in [4.69, 9.17) is 59.4 Å². The number of nitrogens with one attached hydrogen (secondary N) is 5. The molecule has 26 nitrogen and oxygen atoms in total. The number of ether oxygens (including phenoxy) is 7. The van der Waals surface area contributed by atoms with Crippen molar-refractivity contribution in [3.63, 3.8) is 0 Å². The third-order valence-corrected chi connectivity index (χ3v) is 13.5. The first kappa shape index (κ1) is 75.4. The number of likely N-dealkylation sites (tertiary alicyclic amines) is 1. The fourth-order valence-corrected chi connectivity index (χ4v) is 8.97. The molecule has 490 valence electrons. The first-order valence-corrected chi connectivity index (χ1v) is 34.1. The molecule has 0 bridgehead atoms. The van der Waals surface area contributed by atoms with Crippen molar-refractivity contribution in [1.82, 2.24) is 61.4 Å². The molecule has 0 aliphatic carbocycles. The van der Waals surface area contributed by atoms with Gasteiger partial charge in [-0.05, 0) is 196 Å². The van der Waals surface area contributed by atoms with Crippen molar-refractivity contribution in [2.75, 3.05) is 97.3 Å². The number of hydrogen-bond donors (Lipinski definition) is 5. The molecule has 9 heterocycles. The Morgan fingerprint density at radius 3 is 0.849 bits per heavy atom. The Morgan fingerprint density at radius 2 is 0.674 bits per heavy atom. The van der Waals surface area contributed by atoms with Crippen molar-refractivity contribution in [1.29, 1.82) is 0 Å². The molecule has 3 aromatic heterocycles. The molecule has 9 rings (SSSR count). The van der Waals surface area contributed by atoms with E-state index in [0.717, 1.165) is 184 Å². The van der Waals surface area contributed by atoms with Gasteiger partial charge in [0.2, 0.25) is 35.3 Å². The molecule has 6 fully saturated rings. The van der Waals surface area contributed by atoms with Crippen molar-refractivity contribution in [3.8, 4) is 35.3 Å². The van der Waals surface area contributed by atoms with E-state index in [1.165, 1.54) is 6.33 Å². The van der Waals surface area contributed by atoms with E-state index >= 15 is 0 Å². The van der Waals surface area contributed by atoms with Crippen LogP contribution < -0.4 is 55.0 Å². The van der Waals surface area contributed by atoms with Crippen molar-refractivity contribution < 1.29 is 64.2 Å². The summed E-state index contributed by atoms with van der Waals surface area (Å²) in [6.07, 6.45) is 23.3. The number of rotatable bonds is 13. The monoisotopic (exact) mass is 1270 g/mol. The minimum Gasteiger partial charge on any atom is -0.773 e. The number of nitrogens with zero attached hydrogens (tertiary/aromatic N) is 7. The van der Waals surface area contributed by atoms with Crippen molar-refractivity contribution in [2.45, 2.75) is 174 Å². The van der Waals surface area contributed by atoms with Crippen LogP contribution in [0.25, 0.3) is 0 Å². The molecule has 0 aromatic carbocycles. The van der Waals surface area contributed by atoms with Gasteiger partial charge in [0.1, 0.15) is 61.2 Å². The quantitative estimate of drug-likeness (QED) is 0.113. The van der Waals surface area contributed by atoms with Crippen LogP contribution in [0, 0.1) is 20.8 Å². The van der Waals surface area contributed by atoms with E-state index in [9.17, 15) is 4.79 Å². The number of allylic oxidation sites excluding steroid dienone is 1. The maximum atomic E-state index is 12.2. The van der Waals surface area contributed by atoms with Crippen LogP contribution in [0.5, 0.6) is 35.3 Å². The number of aromatic nitrogens is 6. The summed E-state index contributed by atoms with van der Waals surface area (Å²) in [5.74, 6) is 3.83. The maximum absolute atomic E-state index is 12.2. The zero-order valence-corrected chi connectivity index (χ0v) is 54.7. The molecule has 0 spiro atoms. The Labute approximate surface area is 517 Å². The van der Waals surface area contributed by atoms with Crippen LogP contribution in [0.1, 0.15) is 128 Å². The van der Waals surface area contributed by atoms with Crippen LogP contribution in [0.2, 0.25) is 0 Å². The summed E-state index contributed by atoms with van der Waals surface area (Å²) in [4.78, 5) is 39.6. The fourth-order valence-electron chi connectivity index (χ4n) is 8.97. The predicted molar refractivity (Wildman–Crippen MR) is 329 cm³/mol. The first-order valence-electron chi connectivity index (χ1n) is 29.7. The Bertz CT molecular complexity index is 2230. The third kappa shape index (κ3) is 33.0. The number of piperidine rings is 6. The average Bonchev–Trinajstić information content (AvgIpc) is 3.04. The number of amides is 1. The summed E-state index contributed by atoms with van der Waals surface area (Å²) >= 11 is -5.58. The van der Waals surface area contributed by atoms with E-state index < -0.39 is 38.8 Å². The molecule has 0 saturated carbocycles. The predicted octanol–water partition coefficient (Wildman–Crippen LogP) is 4.86. The van der Waals surface area contributed by atoms with Gasteiger partial charge in [-0.2, -0.15) is 0 Å². The molecule has 6 saturated heterocycles. The zero-order valence-electron chi connectivity index (χ0n) is 52.2. The molecule has 29 heteroatoms. The molecule has 6 aliphatic heterocycles. The summed E-state index contributed by atoms with van der Waals surface area (Å²) in [5, 5.41) is 16.7. The highest BCUT2D eigenvalue weighted by Crippen LogP contribution is 2.30. The molecule has 86 heavy (non-hydrogen) atoms. The van der Waals surface area contributed by atoms with Crippen LogP contribution in [-0.2, 0) is 38.0 Å². The van der Waals surface area contributed by atoms with E-state index in [2.05, 4.69) is 70.0 Å². The van der Waals surface area contributed by atoms with Gasteiger partial charge in [0.15, 0.2) is 0 Å². The van der Waals surface area contributed by atoms with E-state index in [-0.39, 0.29) is 42.7 Å². The molecule has 3 aromatic rings. The topological polar surface area (TPSA) is 343 Å². The normalized spacial score (nSPS) is 19.1. The van der Waals surface area contributed by atoms with Gasteiger partial charge in [0, 0.05) is 25.9 Å². The molecule has 5 N–H and O–H groups in total. The molecule has 1 amide bonds. The van der Waals surface area contributed by atoms with Crippen molar-refractivity contribution >= 4 is 39.3 Å². The van der Waals surface area contributed by atoms with E-state index in [1.54, 1.807) is 17.6 Å². The average molecular weight is 1270 g/mol. The maximum Gasteiger partial charge on any atom is 0.410 e. The molecule has 3 atom stereocenters. The van der Waals surface area contributed by atoms with Crippen LogP contribution in [0.15, 0.2) is 31.6 Å². The van der Waals surface area contributed by atoms with Gasteiger partial charge in [-0.15, -0.1) is 6.58 Å². The second kappa shape index (κ2) is 43.0. The molecule has 3 unspecified atom stereocenters. The Kier molecular flexibility index (Phi) is 37.7. The van der Waals surface area contributed by atoms with Gasteiger partial charge < -0.3 is 78.3 Å². The second-order valence-corrected chi connectivity index (χ2v) is 24.3. The highest BCUT2D eigenvalue weighted by molar-refractivity contribution is 7.78. The van der Waals surface area contributed by atoms with E-state index in [1.807, 2.05) is 47.6 Å². The summed E-state index contributed by atoms with van der Waals surface area (Å²) in [7, 11) is 0. The molecular weight excluding hydrogens is 1170 g/mol. The zero-order chi connectivity index (χ0) is 63.3. The lowest BCUT2D eigenvalue weighted by Crippen LogP contribution is -2.44. The smallest absolute Gasteiger partial charge is 0.410 e. The fraction of sp³-hybridized carbons (Fsp3) is 0.737. The van der Waals surface area contributed by atoms with Crippen molar-refractivity contribution in [3.05, 3.63) is 48.3 Å². The molecule has 0 radical (unpaired) electrons. The minimum absolute atomic E-state index is 0.0130. The lowest BCUT2D eigenvalue weighted by Gasteiger charge is -2.33. The largest absolute Gasteiger partial charge is 0.773 e. The SMILES string of the molecule is C=CCC.CS(=O)[O-].CS(=O)[O-].CS(=O)[O-].Cc1c(OC2CCNCC2)ncnc1OC1CCN(C(=O)OC(C)(C)C)CC1.Cc1c(OC2CCNCC2)ncnc1OC1CCNCC1.Cc1c(OC2CCNCC2)ncnc1OC1CCNCC1. The summed E-state index contributed by atoms with van der Waals surface area (Å²) < 4.78 is 95.8. The highest BCUT2D eigenvalue weighted by atomic mass is 32.2. The number of hydrogen-bond acceptors (Lipinski definition) is 25. The standard InChI is InChI=1S/C20H32N4O4.2C15H24N4O2.C4H8.3CH4O2S/c1-14-17(26-15-5-9-21-10-6-15)22-13-23-18(14)27-16-7-11-24(12-8-16)19(25)28-20(2,3)4;2*1-11-14(20-12-2-6-16-7-3-12)18-10-19-15(11)21-13-4-8-17-9-5-13;1-3-4-2;3*1-4(2)3/h13,15-16,21H,5-12H2,1-4H3;2*10,12-13,16-17H,2-9H2,1H3;3H,1,4H2,2H3;3*1H3,(H,2,3)/p-3. The van der Waals surface area contributed by atoms with Crippen molar-refractivity contribution in [2.24, 2.45) is 0 Å². The highest BCUT2D eigenvalue weighted by Gasteiger charge is 2.29. The Morgan fingerprint density at radius 1 is 0.488 bits per heavy atom. The Balaban J connectivity index is 0.000000302. The van der Waals surface area contributed by atoms with E-state index in [0.29, 0.717) is 48.4 Å². The van der Waals surface area contributed by atoms with Crippen LogP contribution in [-0.4, -0.2) is 207 Å². The molecule has 6 aliphatic rings. The third-order valence-electron chi connectivity index (χ3n) is 13.5. The van der Waals surface area contributed by atoms with Crippen LogP contribution in [0.4, 0.5) is 4.79 Å². The van der Waals surface area contributed by atoms with Gasteiger partial charge in [0.25, 0.3) is 0 Å². The minimum atomic E-state index is -1.86. The summed E-state index contributed by atoms with van der Waals surface area (Å²) in [6, 6.07) is 0. The number of carbonyl (C=O) groups is 1. The van der Waals surface area contributed by atoms with Crippen LogP contribution in [0.3, 0.4) is 0 Å². The summed E-state index contributed by atoms with van der Waals surface area (Å²) in [6.45, 7) is 28.3. The molecular formula is C57H97N12O14S3-3. The summed E-state index contributed by atoms with van der Waals surface area (Å²) in [5.41, 5.74) is 2.17. The van der Waals surface area contributed by atoms with Gasteiger partial charge in [-0.3, -0.25) is 12.6 Å². The van der Waals surface area contributed by atoms with Crippen LogP contribution >= 0.6 is 0 Å². The van der Waals surface area contributed by atoms with Gasteiger partial charge in [0.05, 0.1) is 16.7 Å². The lowest BCUT2D eigenvalue weighted by molar-refractivity contribution is 0.0121. The Hall–Kier alpha value is -4.82. The van der Waals surface area contributed by atoms with Gasteiger partial charge >= 0.3 is 6.09 Å². The second-order valence-electron chi connectivity index (χ2n) is 21.8. The first-order chi connectivity index (χ1) is 41.1. The lowest BCUT2D eigenvalue weighted by atomic mass is 10.1. The van der Waals surface area contributed by atoms with Gasteiger partial charge in [-0.1, -0.05) is 46.2 Å². The van der Waals surface area contributed by atoms with Gasteiger partial charge in [-0.25, -0.2) is 34.7 Å². The number of carbonyl (C=O) groups excluding carboxylic acids is 1.